The molecule has 0 aliphatic carbocycles. The van der Waals surface area contributed by atoms with Gasteiger partial charge in [0.2, 0.25) is 0 Å². The van der Waals surface area contributed by atoms with Gasteiger partial charge in [0.15, 0.2) is 6.61 Å². The molecule has 0 aliphatic rings. The highest BCUT2D eigenvalue weighted by molar-refractivity contribution is 6.05. The molecular formula is C23H28N2O4. The zero-order valence-corrected chi connectivity index (χ0v) is 17.2. The number of nitrogens with zero attached hydrogens (tertiary/aromatic N) is 1. The smallest absolute Gasteiger partial charge is 0.339 e. The molecule has 0 fully saturated rings. The van der Waals surface area contributed by atoms with Crippen molar-refractivity contribution < 1.29 is 19.1 Å². The van der Waals surface area contributed by atoms with E-state index >= 15 is 0 Å². The van der Waals surface area contributed by atoms with Gasteiger partial charge in [-0.25, -0.2) is 4.79 Å². The lowest BCUT2D eigenvalue weighted by molar-refractivity contribution is -0.124. The molecule has 0 aliphatic heterocycles. The first-order chi connectivity index (χ1) is 13.9. The minimum atomic E-state index is -0.694. The number of carbonyl (C=O) groups is 3. The summed E-state index contributed by atoms with van der Waals surface area (Å²) in [5, 5.41) is 2.78. The average Bonchev–Trinajstić information content (AvgIpc) is 2.72. The van der Waals surface area contributed by atoms with E-state index in [1.54, 1.807) is 30.1 Å². The number of hydrogen-bond donors (Lipinski definition) is 1. The van der Waals surface area contributed by atoms with Crippen LogP contribution in [0.2, 0.25) is 0 Å². The minimum absolute atomic E-state index is 0.0201. The molecule has 1 atom stereocenters. The summed E-state index contributed by atoms with van der Waals surface area (Å²) in [7, 11) is 1.68. The van der Waals surface area contributed by atoms with Gasteiger partial charge in [0.25, 0.3) is 11.8 Å². The summed E-state index contributed by atoms with van der Waals surface area (Å²) in [5.74, 6) is -1.34. The van der Waals surface area contributed by atoms with Crippen molar-refractivity contribution in [2.24, 2.45) is 0 Å². The Labute approximate surface area is 171 Å². The summed E-state index contributed by atoms with van der Waals surface area (Å²) in [4.78, 5) is 38.8. The molecule has 0 radical (unpaired) electrons. The predicted octanol–water partition coefficient (Wildman–Crippen LogP) is 3.42. The number of hydrogen-bond acceptors (Lipinski definition) is 4. The van der Waals surface area contributed by atoms with E-state index in [1.165, 1.54) is 6.07 Å². The van der Waals surface area contributed by atoms with Crippen molar-refractivity contribution in [3.63, 3.8) is 0 Å². The maximum atomic E-state index is 12.9. The number of esters is 1. The van der Waals surface area contributed by atoms with E-state index in [0.29, 0.717) is 6.54 Å². The molecule has 2 rings (SSSR count). The third kappa shape index (κ3) is 6.75. The highest BCUT2D eigenvalue weighted by Gasteiger charge is 2.21. The number of carbonyl (C=O) groups excluding carboxylic acids is 3. The maximum absolute atomic E-state index is 12.9. The van der Waals surface area contributed by atoms with E-state index in [2.05, 4.69) is 5.32 Å². The van der Waals surface area contributed by atoms with Crippen LogP contribution in [0.3, 0.4) is 0 Å². The van der Waals surface area contributed by atoms with Gasteiger partial charge in [-0.2, -0.15) is 0 Å². The number of rotatable bonds is 9. The van der Waals surface area contributed by atoms with E-state index in [9.17, 15) is 14.4 Å². The summed E-state index contributed by atoms with van der Waals surface area (Å²) in [6.07, 6.45) is 1.80. The number of amides is 2. The Balaban J connectivity index is 2.02. The fraction of sp³-hybridized carbons (Fsp3) is 0.348. The third-order valence-electron chi connectivity index (χ3n) is 4.45. The first-order valence-electron chi connectivity index (χ1n) is 9.77. The first kappa shape index (κ1) is 22.1. The second-order valence-corrected chi connectivity index (χ2v) is 7.03. The van der Waals surface area contributed by atoms with Gasteiger partial charge in [0.1, 0.15) is 0 Å². The Bertz CT molecular complexity index is 836. The van der Waals surface area contributed by atoms with Crippen LogP contribution in [0.15, 0.2) is 54.6 Å². The normalized spacial score (nSPS) is 11.4. The first-order valence-corrected chi connectivity index (χ1v) is 9.77. The molecule has 0 unspecified atom stereocenters. The zero-order chi connectivity index (χ0) is 21.2. The van der Waals surface area contributed by atoms with E-state index in [1.807, 2.05) is 44.2 Å². The zero-order valence-electron chi connectivity index (χ0n) is 17.2. The van der Waals surface area contributed by atoms with Crippen LogP contribution < -0.4 is 5.32 Å². The Morgan fingerprint density at radius 1 is 1.00 bits per heavy atom. The molecule has 2 amide bonds. The molecule has 0 bridgehead atoms. The van der Waals surface area contributed by atoms with Crippen LogP contribution in [-0.4, -0.2) is 42.4 Å². The van der Waals surface area contributed by atoms with Gasteiger partial charge in [-0.15, -0.1) is 0 Å². The van der Waals surface area contributed by atoms with Crippen molar-refractivity contribution >= 4 is 17.8 Å². The Morgan fingerprint density at radius 2 is 1.62 bits per heavy atom. The topological polar surface area (TPSA) is 75.7 Å². The van der Waals surface area contributed by atoms with Gasteiger partial charge >= 0.3 is 5.97 Å². The van der Waals surface area contributed by atoms with Gasteiger partial charge in [-0.1, -0.05) is 55.8 Å². The van der Waals surface area contributed by atoms with Gasteiger partial charge in [0, 0.05) is 19.6 Å². The monoisotopic (exact) mass is 396 g/mol. The lowest BCUT2D eigenvalue weighted by Crippen LogP contribution is -2.36. The van der Waals surface area contributed by atoms with Gasteiger partial charge in [-0.05, 0) is 31.0 Å². The molecular weight excluding hydrogens is 368 g/mol. The van der Waals surface area contributed by atoms with Crippen LogP contribution in [0.5, 0.6) is 0 Å². The van der Waals surface area contributed by atoms with Crippen molar-refractivity contribution in [1.82, 2.24) is 10.2 Å². The van der Waals surface area contributed by atoms with Crippen LogP contribution in [0.4, 0.5) is 0 Å². The second kappa shape index (κ2) is 11.0. The Hall–Kier alpha value is -3.15. The molecule has 0 saturated carbocycles. The van der Waals surface area contributed by atoms with E-state index < -0.39 is 5.97 Å². The highest BCUT2D eigenvalue weighted by Crippen LogP contribution is 2.14. The highest BCUT2D eigenvalue weighted by atomic mass is 16.5. The lowest BCUT2D eigenvalue weighted by Gasteiger charge is -2.19. The summed E-state index contributed by atoms with van der Waals surface area (Å²) in [6.45, 7) is 3.97. The van der Waals surface area contributed by atoms with Crippen molar-refractivity contribution in [1.29, 1.82) is 0 Å². The standard InChI is InChI=1S/C23H28N2O4/c1-4-10-17(2)24-21(26)16-29-23(28)20-14-9-8-13-19(20)22(27)25(3)15-18-11-6-5-7-12-18/h5-9,11-14,17H,4,10,15-16H2,1-3H3,(H,24,26)/t17-/m1/s1. The number of nitrogens with one attached hydrogen (secondary N) is 1. The number of ether oxygens (including phenoxy) is 1. The molecule has 0 saturated heterocycles. The third-order valence-corrected chi connectivity index (χ3v) is 4.45. The van der Waals surface area contributed by atoms with Crippen molar-refractivity contribution in [2.75, 3.05) is 13.7 Å². The van der Waals surface area contributed by atoms with Gasteiger partial charge in [0.05, 0.1) is 11.1 Å². The van der Waals surface area contributed by atoms with Crippen LogP contribution in [0.25, 0.3) is 0 Å². The van der Waals surface area contributed by atoms with E-state index in [4.69, 9.17) is 4.74 Å². The molecule has 0 aromatic heterocycles. The lowest BCUT2D eigenvalue weighted by atomic mass is 10.1. The molecule has 0 heterocycles. The van der Waals surface area contributed by atoms with Crippen molar-refractivity contribution in [3.05, 3.63) is 71.3 Å². The second-order valence-electron chi connectivity index (χ2n) is 7.03. The van der Waals surface area contributed by atoms with Crippen LogP contribution in [0.1, 0.15) is 53.0 Å². The fourth-order valence-corrected chi connectivity index (χ4v) is 3.01. The maximum Gasteiger partial charge on any atom is 0.339 e. The minimum Gasteiger partial charge on any atom is -0.452 e. The molecule has 1 N–H and O–H groups in total. The van der Waals surface area contributed by atoms with Crippen LogP contribution >= 0.6 is 0 Å². The Kier molecular flexibility index (Phi) is 8.40. The predicted molar refractivity (Wildman–Crippen MR) is 111 cm³/mol. The van der Waals surface area contributed by atoms with Crippen LogP contribution in [-0.2, 0) is 16.1 Å². The van der Waals surface area contributed by atoms with Crippen LogP contribution in [0, 0.1) is 0 Å². The van der Waals surface area contributed by atoms with Crippen molar-refractivity contribution in [3.8, 4) is 0 Å². The number of benzene rings is 2. The largest absolute Gasteiger partial charge is 0.452 e. The molecule has 2 aromatic rings. The van der Waals surface area contributed by atoms with Gasteiger partial charge in [-0.3, -0.25) is 9.59 Å². The fourth-order valence-electron chi connectivity index (χ4n) is 3.01. The SMILES string of the molecule is CCC[C@@H](C)NC(=O)COC(=O)c1ccccc1C(=O)N(C)Cc1ccccc1. The summed E-state index contributed by atoms with van der Waals surface area (Å²) in [5.41, 5.74) is 1.38. The van der Waals surface area contributed by atoms with Crippen molar-refractivity contribution in [2.45, 2.75) is 39.3 Å². The van der Waals surface area contributed by atoms with E-state index in [-0.39, 0.29) is 35.6 Å². The average molecular weight is 396 g/mol. The molecule has 6 nitrogen and oxygen atoms in total. The summed E-state index contributed by atoms with van der Waals surface area (Å²) >= 11 is 0. The summed E-state index contributed by atoms with van der Waals surface area (Å²) < 4.78 is 5.14. The Morgan fingerprint density at radius 3 is 2.28 bits per heavy atom. The molecule has 154 valence electrons. The molecule has 29 heavy (non-hydrogen) atoms. The summed E-state index contributed by atoms with van der Waals surface area (Å²) in [6, 6.07) is 16.1. The molecule has 6 heteroatoms. The molecule has 0 spiro atoms. The quantitative estimate of drug-likeness (QED) is 0.659. The van der Waals surface area contributed by atoms with E-state index in [0.717, 1.165) is 18.4 Å². The van der Waals surface area contributed by atoms with Gasteiger partial charge < -0.3 is 15.0 Å². The molecule has 2 aromatic carbocycles.